The van der Waals surface area contributed by atoms with E-state index in [-0.39, 0.29) is 0 Å². The van der Waals surface area contributed by atoms with Gasteiger partial charge >= 0.3 is 0 Å². The van der Waals surface area contributed by atoms with E-state index in [1.165, 1.54) is 58.3 Å². The van der Waals surface area contributed by atoms with Gasteiger partial charge < -0.3 is 0 Å². The molecule has 2 heterocycles. The zero-order valence-electron chi connectivity index (χ0n) is 9.99. The molecular formula is C13H24N2. The molecule has 0 spiro atoms. The Morgan fingerprint density at radius 2 is 1.93 bits per heavy atom. The maximum Gasteiger partial charge on any atom is 0.0223 e. The Hall–Kier alpha value is -0.0800. The summed E-state index contributed by atoms with van der Waals surface area (Å²) in [5, 5.41) is 0. The first-order valence-electron chi connectivity index (χ1n) is 6.86. The molecule has 3 rings (SSSR count). The van der Waals surface area contributed by atoms with Crippen molar-refractivity contribution in [3.63, 3.8) is 0 Å². The van der Waals surface area contributed by atoms with Gasteiger partial charge in [0.2, 0.25) is 0 Å². The summed E-state index contributed by atoms with van der Waals surface area (Å²) in [5.74, 6) is 1.04. The molecule has 2 nitrogen and oxygen atoms in total. The van der Waals surface area contributed by atoms with Crippen molar-refractivity contribution in [3.8, 4) is 0 Å². The van der Waals surface area contributed by atoms with Crippen LogP contribution in [0.15, 0.2) is 0 Å². The summed E-state index contributed by atoms with van der Waals surface area (Å²) in [6.45, 7) is 7.79. The standard InChI is InChI=1S/C13H24N2/c1-2-11-9-13(11)15-8-7-14-6-4-3-5-12(14)10-15/h11-13H,2-10H2,1H3. The average Bonchev–Trinajstić information content (AvgIpc) is 3.08. The second kappa shape index (κ2) is 4.06. The van der Waals surface area contributed by atoms with E-state index < -0.39 is 0 Å². The van der Waals surface area contributed by atoms with Crippen LogP contribution < -0.4 is 0 Å². The van der Waals surface area contributed by atoms with Crippen LogP contribution in [0.5, 0.6) is 0 Å². The molecule has 1 aliphatic carbocycles. The lowest BCUT2D eigenvalue weighted by Gasteiger charge is -2.44. The number of nitrogens with zero attached hydrogens (tertiary/aromatic N) is 2. The molecule has 3 atom stereocenters. The molecular weight excluding hydrogens is 184 g/mol. The van der Waals surface area contributed by atoms with E-state index in [4.69, 9.17) is 0 Å². The second-order valence-corrected chi connectivity index (χ2v) is 5.65. The van der Waals surface area contributed by atoms with Gasteiger partial charge in [0.25, 0.3) is 0 Å². The summed E-state index contributed by atoms with van der Waals surface area (Å²) in [6.07, 6.45) is 7.26. The second-order valence-electron chi connectivity index (χ2n) is 5.65. The van der Waals surface area contributed by atoms with E-state index >= 15 is 0 Å². The van der Waals surface area contributed by atoms with E-state index in [0.717, 1.165) is 18.0 Å². The number of fused-ring (bicyclic) bond motifs is 1. The minimum atomic E-state index is 0.908. The molecule has 15 heavy (non-hydrogen) atoms. The van der Waals surface area contributed by atoms with E-state index in [9.17, 15) is 0 Å². The summed E-state index contributed by atoms with van der Waals surface area (Å²) in [4.78, 5) is 5.53. The molecule has 3 unspecified atom stereocenters. The van der Waals surface area contributed by atoms with Crippen molar-refractivity contribution in [2.45, 2.75) is 51.1 Å². The van der Waals surface area contributed by atoms with Gasteiger partial charge in [0.05, 0.1) is 0 Å². The molecule has 1 saturated carbocycles. The van der Waals surface area contributed by atoms with Crippen LogP contribution in [-0.4, -0.2) is 48.1 Å². The Morgan fingerprint density at radius 3 is 2.73 bits per heavy atom. The van der Waals surface area contributed by atoms with Crippen molar-refractivity contribution in [1.29, 1.82) is 0 Å². The highest BCUT2D eigenvalue weighted by Crippen LogP contribution is 2.39. The summed E-state index contributed by atoms with van der Waals surface area (Å²) in [6, 6.07) is 1.88. The van der Waals surface area contributed by atoms with Crippen LogP contribution in [0, 0.1) is 5.92 Å². The minimum absolute atomic E-state index is 0.908. The zero-order valence-corrected chi connectivity index (χ0v) is 9.99. The maximum atomic E-state index is 2.79. The number of hydrogen-bond acceptors (Lipinski definition) is 2. The van der Waals surface area contributed by atoms with Gasteiger partial charge in [-0.25, -0.2) is 0 Å². The van der Waals surface area contributed by atoms with Crippen LogP contribution in [0.3, 0.4) is 0 Å². The number of piperidine rings is 1. The molecule has 0 N–H and O–H groups in total. The lowest BCUT2D eigenvalue weighted by molar-refractivity contribution is 0.0429. The van der Waals surface area contributed by atoms with Gasteiger partial charge in [0.1, 0.15) is 0 Å². The Morgan fingerprint density at radius 1 is 1.07 bits per heavy atom. The highest BCUT2D eigenvalue weighted by molar-refractivity contribution is 4.98. The van der Waals surface area contributed by atoms with Crippen molar-refractivity contribution in [2.75, 3.05) is 26.2 Å². The summed E-state index contributed by atoms with van der Waals surface area (Å²) in [5.41, 5.74) is 0. The number of rotatable bonds is 2. The average molecular weight is 208 g/mol. The lowest BCUT2D eigenvalue weighted by atomic mass is 9.99. The molecule has 3 aliphatic rings. The molecule has 0 aromatic carbocycles. The Bertz CT molecular complexity index is 229. The van der Waals surface area contributed by atoms with E-state index in [1.807, 2.05) is 0 Å². The van der Waals surface area contributed by atoms with E-state index in [2.05, 4.69) is 16.7 Å². The molecule has 2 saturated heterocycles. The molecule has 0 aromatic heterocycles. The normalized spacial score (nSPS) is 42.6. The first-order valence-corrected chi connectivity index (χ1v) is 6.86. The number of piperazine rings is 1. The first kappa shape index (κ1) is 10.1. The Balaban J connectivity index is 1.56. The Labute approximate surface area is 93.6 Å². The maximum absolute atomic E-state index is 2.79. The van der Waals surface area contributed by atoms with Gasteiger partial charge in [0, 0.05) is 31.7 Å². The third kappa shape index (κ3) is 1.94. The van der Waals surface area contributed by atoms with Crippen LogP contribution in [0.2, 0.25) is 0 Å². The third-order valence-corrected chi connectivity index (χ3v) is 4.75. The smallest absolute Gasteiger partial charge is 0.0223 e. The molecule has 3 fully saturated rings. The summed E-state index contributed by atoms with van der Waals surface area (Å²) in [7, 11) is 0. The van der Waals surface area contributed by atoms with Gasteiger partial charge in [-0.15, -0.1) is 0 Å². The van der Waals surface area contributed by atoms with Crippen molar-refractivity contribution in [3.05, 3.63) is 0 Å². The quantitative estimate of drug-likeness (QED) is 0.684. The van der Waals surface area contributed by atoms with Crippen molar-refractivity contribution in [1.82, 2.24) is 9.80 Å². The fourth-order valence-corrected chi connectivity index (χ4v) is 3.60. The fourth-order valence-electron chi connectivity index (χ4n) is 3.60. The van der Waals surface area contributed by atoms with E-state index in [0.29, 0.717) is 0 Å². The van der Waals surface area contributed by atoms with Gasteiger partial charge in [-0.2, -0.15) is 0 Å². The van der Waals surface area contributed by atoms with Gasteiger partial charge in [0.15, 0.2) is 0 Å². The topological polar surface area (TPSA) is 6.48 Å². The summed E-state index contributed by atoms with van der Waals surface area (Å²) < 4.78 is 0. The molecule has 0 radical (unpaired) electrons. The van der Waals surface area contributed by atoms with Crippen LogP contribution in [-0.2, 0) is 0 Å². The molecule has 2 heteroatoms. The van der Waals surface area contributed by atoms with Crippen LogP contribution >= 0.6 is 0 Å². The predicted octanol–water partition coefficient (Wildman–Crippen LogP) is 1.96. The van der Waals surface area contributed by atoms with Gasteiger partial charge in [-0.1, -0.05) is 19.8 Å². The van der Waals surface area contributed by atoms with Gasteiger partial charge in [-0.3, -0.25) is 9.80 Å². The van der Waals surface area contributed by atoms with Crippen LogP contribution in [0.1, 0.15) is 39.0 Å². The van der Waals surface area contributed by atoms with Gasteiger partial charge in [-0.05, 0) is 31.7 Å². The first-order chi connectivity index (χ1) is 7.38. The molecule has 0 amide bonds. The monoisotopic (exact) mass is 208 g/mol. The molecule has 86 valence electrons. The SMILES string of the molecule is CCC1CC1N1CCN2CCCCC2C1. The minimum Gasteiger partial charge on any atom is -0.298 e. The Kier molecular flexibility index (Phi) is 2.73. The molecule has 2 aliphatic heterocycles. The lowest BCUT2D eigenvalue weighted by Crippen LogP contribution is -2.55. The fraction of sp³-hybridized carbons (Fsp3) is 1.00. The largest absolute Gasteiger partial charge is 0.298 e. The highest BCUT2D eigenvalue weighted by Gasteiger charge is 2.42. The molecule has 0 aromatic rings. The highest BCUT2D eigenvalue weighted by atomic mass is 15.3. The predicted molar refractivity (Wildman–Crippen MR) is 63.0 cm³/mol. The van der Waals surface area contributed by atoms with Crippen molar-refractivity contribution in [2.24, 2.45) is 5.92 Å². The number of hydrogen-bond donors (Lipinski definition) is 0. The van der Waals surface area contributed by atoms with Crippen molar-refractivity contribution < 1.29 is 0 Å². The van der Waals surface area contributed by atoms with Crippen molar-refractivity contribution >= 4 is 0 Å². The van der Waals surface area contributed by atoms with E-state index in [1.54, 1.807) is 0 Å². The third-order valence-electron chi connectivity index (χ3n) is 4.75. The van der Waals surface area contributed by atoms with Crippen LogP contribution in [0.4, 0.5) is 0 Å². The molecule has 0 bridgehead atoms. The van der Waals surface area contributed by atoms with Crippen LogP contribution in [0.25, 0.3) is 0 Å². The summed E-state index contributed by atoms with van der Waals surface area (Å²) >= 11 is 0. The zero-order chi connectivity index (χ0) is 10.3.